The number of anilines is 1. The molecule has 0 atom stereocenters. The van der Waals surface area contributed by atoms with Crippen LogP contribution in [-0.2, 0) is 13.0 Å². The maximum absolute atomic E-state index is 13.2. The van der Waals surface area contributed by atoms with Crippen molar-refractivity contribution in [1.82, 2.24) is 24.8 Å². The minimum Gasteiger partial charge on any atom is -0.335 e. The van der Waals surface area contributed by atoms with Crippen LogP contribution in [0.25, 0.3) is 5.13 Å². The Bertz CT molecular complexity index is 1100. The van der Waals surface area contributed by atoms with Gasteiger partial charge in [-0.25, -0.2) is 14.8 Å². The van der Waals surface area contributed by atoms with E-state index < -0.39 is 0 Å². The number of aryl methyl sites for hydroxylation is 1. The minimum atomic E-state index is -0.191. The Morgan fingerprint density at radius 2 is 1.90 bits per heavy atom. The minimum absolute atomic E-state index is 0.000872. The average molecular weight is 457 g/mol. The zero-order valence-corrected chi connectivity index (χ0v) is 18.9. The van der Waals surface area contributed by atoms with Crippen molar-refractivity contribution >= 4 is 39.7 Å². The Labute approximate surface area is 188 Å². The molecule has 4 heterocycles. The van der Waals surface area contributed by atoms with Gasteiger partial charge >= 0.3 is 6.03 Å². The normalized spacial score (nSPS) is 16.4. The molecule has 1 fully saturated rings. The molecule has 2 N–H and O–H groups in total. The molecule has 162 valence electrons. The van der Waals surface area contributed by atoms with Crippen molar-refractivity contribution < 1.29 is 9.59 Å². The van der Waals surface area contributed by atoms with Crippen LogP contribution >= 0.6 is 22.7 Å². The zero-order valence-electron chi connectivity index (χ0n) is 17.3. The molecule has 3 amide bonds. The highest BCUT2D eigenvalue weighted by atomic mass is 32.1. The van der Waals surface area contributed by atoms with Gasteiger partial charge in [0.2, 0.25) is 0 Å². The SMILES string of the molecule is Cc1nc(-n2cccc2)sc1C(=O)N1CCc2nc(NC(=O)NC3CCCC3)sc2C1. The number of rotatable bonds is 4. The van der Waals surface area contributed by atoms with Gasteiger partial charge in [-0.1, -0.05) is 35.5 Å². The van der Waals surface area contributed by atoms with Gasteiger partial charge < -0.3 is 14.8 Å². The highest BCUT2D eigenvalue weighted by Gasteiger charge is 2.28. The summed E-state index contributed by atoms with van der Waals surface area (Å²) in [7, 11) is 0. The molecular formula is C21H24N6O2S2. The summed E-state index contributed by atoms with van der Waals surface area (Å²) in [6.45, 7) is 3.00. The van der Waals surface area contributed by atoms with Crippen LogP contribution in [0.15, 0.2) is 24.5 Å². The number of carbonyl (C=O) groups excluding carboxylic acids is 2. The second-order valence-corrected chi connectivity index (χ2v) is 10.0. The van der Waals surface area contributed by atoms with Crippen LogP contribution in [0, 0.1) is 6.92 Å². The monoisotopic (exact) mass is 456 g/mol. The predicted molar refractivity (Wildman–Crippen MR) is 121 cm³/mol. The van der Waals surface area contributed by atoms with Gasteiger partial charge in [-0.15, -0.1) is 0 Å². The maximum Gasteiger partial charge on any atom is 0.321 e. The highest BCUT2D eigenvalue weighted by molar-refractivity contribution is 7.16. The lowest BCUT2D eigenvalue weighted by Gasteiger charge is -2.25. The first-order chi connectivity index (χ1) is 15.1. The van der Waals surface area contributed by atoms with E-state index >= 15 is 0 Å². The topological polar surface area (TPSA) is 92.2 Å². The van der Waals surface area contributed by atoms with Crippen molar-refractivity contribution in [3.63, 3.8) is 0 Å². The van der Waals surface area contributed by atoms with Crippen LogP contribution in [0.3, 0.4) is 0 Å². The van der Waals surface area contributed by atoms with Gasteiger partial charge in [0.05, 0.1) is 17.9 Å². The van der Waals surface area contributed by atoms with Crippen LogP contribution < -0.4 is 10.6 Å². The Kier molecular flexibility index (Phi) is 5.49. The molecule has 1 aliphatic heterocycles. The van der Waals surface area contributed by atoms with Crippen molar-refractivity contribution in [2.45, 2.75) is 51.6 Å². The van der Waals surface area contributed by atoms with Crippen molar-refractivity contribution in [3.8, 4) is 5.13 Å². The quantitative estimate of drug-likeness (QED) is 0.622. The van der Waals surface area contributed by atoms with Crippen molar-refractivity contribution in [1.29, 1.82) is 0 Å². The first-order valence-corrected chi connectivity index (χ1v) is 12.2. The fraction of sp³-hybridized carbons (Fsp3) is 0.429. The number of nitrogens with one attached hydrogen (secondary N) is 2. The Balaban J connectivity index is 1.25. The van der Waals surface area contributed by atoms with Gasteiger partial charge in [-0.2, -0.15) is 0 Å². The Morgan fingerprint density at radius 3 is 2.68 bits per heavy atom. The lowest BCUT2D eigenvalue weighted by Crippen LogP contribution is -2.36. The number of aromatic nitrogens is 3. The van der Waals surface area contributed by atoms with Gasteiger partial charge in [-0.05, 0) is 31.9 Å². The maximum atomic E-state index is 13.2. The van der Waals surface area contributed by atoms with Gasteiger partial charge in [0, 0.05) is 36.3 Å². The number of fused-ring (bicyclic) bond motifs is 1. The third-order valence-electron chi connectivity index (χ3n) is 5.73. The first kappa shape index (κ1) is 20.2. The number of hydrogen-bond acceptors (Lipinski definition) is 6. The van der Waals surface area contributed by atoms with Crippen LogP contribution in [-0.4, -0.2) is 44.0 Å². The van der Waals surface area contributed by atoms with E-state index in [4.69, 9.17) is 0 Å². The van der Waals surface area contributed by atoms with Crippen molar-refractivity contribution in [2.24, 2.45) is 0 Å². The third kappa shape index (κ3) is 4.22. The van der Waals surface area contributed by atoms with E-state index in [0.29, 0.717) is 29.5 Å². The van der Waals surface area contributed by atoms with E-state index in [2.05, 4.69) is 20.6 Å². The van der Waals surface area contributed by atoms with E-state index in [1.807, 2.05) is 40.9 Å². The molecule has 0 radical (unpaired) electrons. The molecule has 2 aliphatic rings. The number of amides is 3. The number of urea groups is 1. The molecule has 0 spiro atoms. The third-order valence-corrected chi connectivity index (χ3v) is 7.89. The fourth-order valence-corrected chi connectivity index (χ4v) is 6.13. The molecule has 0 bridgehead atoms. The van der Waals surface area contributed by atoms with Gasteiger partial charge in [-0.3, -0.25) is 10.1 Å². The molecule has 31 heavy (non-hydrogen) atoms. The second kappa shape index (κ2) is 8.43. The van der Waals surface area contributed by atoms with Gasteiger partial charge in [0.1, 0.15) is 4.88 Å². The summed E-state index contributed by atoms with van der Waals surface area (Å²) in [5.74, 6) is 0.000872. The van der Waals surface area contributed by atoms with Crippen LogP contribution in [0.1, 0.15) is 51.6 Å². The van der Waals surface area contributed by atoms with Crippen LogP contribution in [0.5, 0.6) is 0 Å². The molecule has 10 heteroatoms. The molecular weight excluding hydrogens is 432 g/mol. The molecule has 0 unspecified atom stereocenters. The van der Waals surface area contributed by atoms with E-state index in [-0.39, 0.29) is 18.0 Å². The zero-order chi connectivity index (χ0) is 21.4. The number of carbonyl (C=O) groups is 2. The fourth-order valence-electron chi connectivity index (χ4n) is 4.11. The summed E-state index contributed by atoms with van der Waals surface area (Å²) < 4.78 is 1.92. The predicted octanol–water partition coefficient (Wildman–Crippen LogP) is 3.96. The standard InChI is InChI=1S/C21H24N6O2S2/c1-13-17(31-21(22-13)26-9-4-5-10-26)18(28)27-11-8-15-16(12-27)30-20(24-15)25-19(29)23-14-6-2-3-7-14/h4-5,9-10,14H,2-3,6-8,11-12H2,1H3,(H2,23,24,25,29). The Morgan fingerprint density at radius 1 is 1.13 bits per heavy atom. The van der Waals surface area contributed by atoms with E-state index in [1.54, 1.807) is 0 Å². The van der Waals surface area contributed by atoms with Crippen LogP contribution in [0.4, 0.5) is 9.93 Å². The number of thiazole rings is 2. The summed E-state index contributed by atoms with van der Waals surface area (Å²) in [5, 5.41) is 7.28. The van der Waals surface area contributed by atoms with E-state index in [1.165, 1.54) is 35.5 Å². The largest absolute Gasteiger partial charge is 0.335 e. The average Bonchev–Trinajstić information content (AvgIpc) is 3.53. The lowest BCUT2D eigenvalue weighted by atomic mass is 10.1. The van der Waals surface area contributed by atoms with Gasteiger partial charge in [0.15, 0.2) is 10.3 Å². The lowest BCUT2D eigenvalue weighted by molar-refractivity contribution is 0.0740. The highest BCUT2D eigenvalue weighted by Crippen LogP contribution is 2.31. The summed E-state index contributed by atoms with van der Waals surface area (Å²) in [6.07, 6.45) is 8.97. The van der Waals surface area contributed by atoms with Crippen molar-refractivity contribution in [2.75, 3.05) is 11.9 Å². The van der Waals surface area contributed by atoms with E-state index in [0.717, 1.165) is 34.2 Å². The molecule has 1 aliphatic carbocycles. The molecule has 5 rings (SSSR count). The van der Waals surface area contributed by atoms with Crippen LogP contribution in [0.2, 0.25) is 0 Å². The molecule has 0 saturated heterocycles. The van der Waals surface area contributed by atoms with E-state index in [9.17, 15) is 9.59 Å². The number of hydrogen-bond donors (Lipinski definition) is 2. The van der Waals surface area contributed by atoms with Crippen molar-refractivity contribution in [3.05, 3.63) is 45.7 Å². The molecule has 3 aromatic rings. The molecule has 3 aromatic heterocycles. The summed E-state index contributed by atoms with van der Waals surface area (Å²) in [6, 6.07) is 3.95. The number of nitrogens with zero attached hydrogens (tertiary/aromatic N) is 4. The first-order valence-electron chi connectivity index (χ1n) is 10.5. The second-order valence-electron chi connectivity index (χ2n) is 7.95. The molecule has 1 saturated carbocycles. The molecule has 0 aromatic carbocycles. The summed E-state index contributed by atoms with van der Waals surface area (Å²) >= 11 is 2.86. The Hall–Kier alpha value is -2.72. The smallest absolute Gasteiger partial charge is 0.321 e. The molecule has 8 nitrogen and oxygen atoms in total. The summed E-state index contributed by atoms with van der Waals surface area (Å²) in [4.78, 5) is 38.1. The van der Waals surface area contributed by atoms with Gasteiger partial charge in [0.25, 0.3) is 5.91 Å². The summed E-state index contributed by atoms with van der Waals surface area (Å²) in [5.41, 5.74) is 1.72.